The van der Waals surface area contributed by atoms with Gasteiger partial charge in [-0.3, -0.25) is 0 Å². The van der Waals surface area contributed by atoms with Gasteiger partial charge in [0.05, 0.1) is 0 Å². The van der Waals surface area contributed by atoms with Crippen LogP contribution < -0.4 is 0 Å². The number of rotatable bonds is 5. The maximum absolute atomic E-state index is 5.25. The molecule has 0 unspecified atom stereocenters. The monoisotopic (exact) mass is 208 g/mol. The highest BCUT2D eigenvalue weighted by atomic mass is 79.9. The van der Waals surface area contributed by atoms with Crippen molar-refractivity contribution in [3.05, 3.63) is 0 Å². The molecule has 0 bridgehead atoms. The van der Waals surface area contributed by atoms with E-state index in [1.54, 1.807) is 0 Å². The minimum absolute atomic E-state index is 0.384. The SMILES string of the molecule is CCOCCC(C)(C)CBr. The predicted octanol–water partition coefficient (Wildman–Crippen LogP) is 2.83. The molecule has 10 heavy (non-hydrogen) atoms. The molecule has 1 nitrogen and oxygen atoms in total. The van der Waals surface area contributed by atoms with Crippen LogP contribution in [0.25, 0.3) is 0 Å². The maximum atomic E-state index is 5.25. The van der Waals surface area contributed by atoms with Crippen LogP contribution in [-0.2, 0) is 4.74 Å². The van der Waals surface area contributed by atoms with Gasteiger partial charge in [0.1, 0.15) is 0 Å². The van der Waals surface area contributed by atoms with Gasteiger partial charge in [-0.2, -0.15) is 0 Å². The molecule has 0 aliphatic heterocycles. The second-order valence-electron chi connectivity index (χ2n) is 3.24. The number of ether oxygens (including phenoxy) is 1. The third kappa shape index (κ3) is 5.24. The summed E-state index contributed by atoms with van der Waals surface area (Å²) < 4.78 is 5.25. The number of hydrogen-bond acceptors (Lipinski definition) is 1. The van der Waals surface area contributed by atoms with Crippen molar-refractivity contribution in [2.75, 3.05) is 18.5 Å². The average Bonchev–Trinajstić information content (AvgIpc) is 1.89. The van der Waals surface area contributed by atoms with Crippen LogP contribution in [0.2, 0.25) is 0 Å². The van der Waals surface area contributed by atoms with E-state index in [2.05, 4.69) is 29.8 Å². The number of alkyl halides is 1. The Balaban J connectivity index is 3.28. The first-order valence-corrected chi connectivity index (χ1v) is 4.88. The number of halogens is 1. The lowest BCUT2D eigenvalue weighted by Gasteiger charge is -2.20. The fourth-order valence-electron chi connectivity index (χ4n) is 0.560. The van der Waals surface area contributed by atoms with Crippen LogP contribution in [0.15, 0.2) is 0 Å². The van der Waals surface area contributed by atoms with Gasteiger partial charge in [0.25, 0.3) is 0 Å². The van der Waals surface area contributed by atoms with E-state index in [1.165, 1.54) is 0 Å². The first-order valence-electron chi connectivity index (χ1n) is 3.76. The number of hydrogen-bond donors (Lipinski definition) is 0. The summed E-state index contributed by atoms with van der Waals surface area (Å²) in [4.78, 5) is 0. The van der Waals surface area contributed by atoms with Crippen LogP contribution in [0.4, 0.5) is 0 Å². The second-order valence-corrected chi connectivity index (χ2v) is 3.81. The molecule has 0 rings (SSSR count). The van der Waals surface area contributed by atoms with E-state index in [0.717, 1.165) is 25.0 Å². The fourth-order valence-corrected chi connectivity index (χ4v) is 0.840. The summed E-state index contributed by atoms with van der Waals surface area (Å²) in [7, 11) is 0. The predicted molar refractivity (Wildman–Crippen MR) is 48.7 cm³/mol. The molecule has 0 aliphatic carbocycles. The highest BCUT2D eigenvalue weighted by molar-refractivity contribution is 9.09. The Morgan fingerprint density at radius 3 is 2.40 bits per heavy atom. The quantitative estimate of drug-likeness (QED) is 0.499. The third-order valence-electron chi connectivity index (χ3n) is 1.49. The van der Waals surface area contributed by atoms with Gasteiger partial charge >= 0.3 is 0 Å². The molecular weight excluding hydrogens is 192 g/mol. The topological polar surface area (TPSA) is 9.23 Å². The summed E-state index contributed by atoms with van der Waals surface area (Å²) in [5.74, 6) is 0. The third-order valence-corrected chi connectivity index (χ3v) is 3.01. The normalized spacial score (nSPS) is 12.0. The minimum Gasteiger partial charge on any atom is -0.382 e. The van der Waals surface area contributed by atoms with E-state index in [9.17, 15) is 0 Å². The van der Waals surface area contributed by atoms with E-state index < -0.39 is 0 Å². The van der Waals surface area contributed by atoms with Gasteiger partial charge in [0, 0.05) is 18.5 Å². The summed E-state index contributed by atoms with van der Waals surface area (Å²) in [5, 5.41) is 1.05. The van der Waals surface area contributed by atoms with Crippen LogP contribution in [-0.4, -0.2) is 18.5 Å². The first-order chi connectivity index (χ1) is 4.62. The summed E-state index contributed by atoms with van der Waals surface area (Å²) in [5.41, 5.74) is 0.384. The van der Waals surface area contributed by atoms with Crippen molar-refractivity contribution in [2.45, 2.75) is 27.2 Å². The van der Waals surface area contributed by atoms with Gasteiger partial charge in [-0.05, 0) is 18.8 Å². The molecule has 0 aromatic carbocycles. The Morgan fingerprint density at radius 1 is 1.40 bits per heavy atom. The molecule has 0 saturated carbocycles. The van der Waals surface area contributed by atoms with Crippen molar-refractivity contribution >= 4 is 15.9 Å². The highest BCUT2D eigenvalue weighted by Gasteiger charge is 2.14. The minimum atomic E-state index is 0.384. The largest absolute Gasteiger partial charge is 0.382 e. The van der Waals surface area contributed by atoms with Crippen LogP contribution in [0.1, 0.15) is 27.2 Å². The maximum Gasteiger partial charge on any atom is 0.0471 e. The second kappa shape index (κ2) is 5.14. The van der Waals surface area contributed by atoms with Crippen molar-refractivity contribution in [2.24, 2.45) is 5.41 Å². The standard InChI is InChI=1S/C8H17BrO/c1-4-10-6-5-8(2,3)7-9/h4-7H2,1-3H3. The molecule has 0 aliphatic rings. The summed E-state index contributed by atoms with van der Waals surface area (Å²) in [6, 6.07) is 0. The fraction of sp³-hybridized carbons (Fsp3) is 1.00. The molecule has 2 heteroatoms. The molecule has 0 amide bonds. The Hall–Kier alpha value is 0.440. The zero-order valence-corrected chi connectivity index (χ0v) is 8.70. The summed E-state index contributed by atoms with van der Waals surface area (Å²) in [6.45, 7) is 8.22. The molecule has 0 fully saturated rings. The van der Waals surface area contributed by atoms with E-state index in [0.29, 0.717) is 5.41 Å². The zero-order chi connectivity index (χ0) is 8.04. The smallest absolute Gasteiger partial charge is 0.0471 e. The lowest BCUT2D eigenvalue weighted by molar-refractivity contribution is 0.120. The highest BCUT2D eigenvalue weighted by Crippen LogP contribution is 2.22. The van der Waals surface area contributed by atoms with Crippen LogP contribution in [0.3, 0.4) is 0 Å². The van der Waals surface area contributed by atoms with Crippen LogP contribution in [0, 0.1) is 5.41 Å². The lowest BCUT2D eigenvalue weighted by atomic mass is 9.93. The average molecular weight is 209 g/mol. The molecule has 0 heterocycles. The Morgan fingerprint density at radius 2 is 2.00 bits per heavy atom. The van der Waals surface area contributed by atoms with Gasteiger partial charge < -0.3 is 4.74 Å². The molecule has 0 atom stereocenters. The molecule has 0 spiro atoms. The van der Waals surface area contributed by atoms with Crippen LogP contribution in [0.5, 0.6) is 0 Å². The van der Waals surface area contributed by atoms with Gasteiger partial charge in [0.15, 0.2) is 0 Å². The van der Waals surface area contributed by atoms with Gasteiger partial charge in [-0.25, -0.2) is 0 Å². The van der Waals surface area contributed by atoms with E-state index in [-0.39, 0.29) is 0 Å². The van der Waals surface area contributed by atoms with Gasteiger partial charge in [0.2, 0.25) is 0 Å². The van der Waals surface area contributed by atoms with Crippen molar-refractivity contribution in [3.8, 4) is 0 Å². The first kappa shape index (κ1) is 10.4. The van der Waals surface area contributed by atoms with E-state index in [1.807, 2.05) is 6.92 Å². The molecule has 62 valence electrons. The van der Waals surface area contributed by atoms with Gasteiger partial charge in [-0.15, -0.1) is 0 Å². The van der Waals surface area contributed by atoms with E-state index in [4.69, 9.17) is 4.74 Å². The lowest BCUT2D eigenvalue weighted by Crippen LogP contribution is -2.15. The van der Waals surface area contributed by atoms with Gasteiger partial charge in [-0.1, -0.05) is 29.8 Å². The summed E-state index contributed by atoms with van der Waals surface area (Å²) >= 11 is 3.47. The Bertz CT molecular complexity index is 81.3. The summed E-state index contributed by atoms with van der Waals surface area (Å²) in [6.07, 6.45) is 1.13. The zero-order valence-electron chi connectivity index (χ0n) is 7.11. The van der Waals surface area contributed by atoms with Crippen molar-refractivity contribution in [1.29, 1.82) is 0 Å². The molecule has 0 N–H and O–H groups in total. The molecule has 0 radical (unpaired) electrons. The van der Waals surface area contributed by atoms with Crippen LogP contribution >= 0.6 is 15.9 Å². The Kier molecular flexibility index (Phi) is 5.36. The molecular formula is C8H17BrO. The van der Waals surface area contributed by atoms with Crippen molar-refractivity contribution in [1.82, 2.24) is 0 Å². The van der Waals surface area contributed by atoms with Crippen molar-refractivity contribution < 1.29 is 4.74 Å². The molecule has 0 aromatic heterocycles. The van der Waals surface area contributed by atoms with E-state index >= 15 is 0 Å². The Labute approximate surface area is 72.3 Å². The molecule has 0 saturated heterocycles. The molecule has 0 aromatic rings. The van der Waals surface area contributed by atoms with Crippen molar-refractivity contribution in [3.63, 3.8) is 0 Å².